The summed E-state index contributed by atoms with van der Waals surface area (Å²) in [5.41, 5.74) is 1.08. The average Bonchev–Trinajstić information content (AvgIpc) is 3.27. The minimum Gasteiger partial charge on any atom is -0.445 e. The van der Waals surface area contributed by atoms with E-state index in [-0.39, 0.29) is 12.7 Å². The van der Waals surface area contributed by atoms with Crippen LogP contribution >= 0.6 is 11.3 Å². The van der Waals surface area contributed by atoms with Crippen molar-refractivity contribution in [1.29, 1.82) is 0 Å². The van der Waals surface area contributed by atoms with Gasteiger partial charge in [-0.05, 0) is 34.4 Å². The van der Waals surface area contributed by atoms with Crippen LogP contribution in [0.2, 0.25) is 0 Å². The summed E-state index contributed by atoms with van der Waals surface area (Å²) in [6.45, 7) is 1.43. The lowest BCUT2D eigenvalue weighted by Crippen LogP contribution is -2.49. The highest BCUT2D eigenvalue weighted by atomic mass is 32.1. The zero-order valence-electron chi connectivity index (χ0n) is 15.3. The van der Waals surface area contributed by atoms with Crippen LogP contribution < -0.4 is 5.32 Å². The van der Waals surface area contributed by atoms with Gasteiger partial charge < -0.3 is 15.0 Å². The fraction of sp³-hybridized carbons (Fsp3) is 0.476. The van der Waals surface area contributed by atoms with Gasteiger partial charge in [-0.3, -0.25) is 0 Å². The lowest BCUT2D eigenvalue weighted by molar-refractivity contribution is 0.0408. The topological polar surface area (TPSA) is 41.6 Å². The van der Waals surface area contributed by atoms with Crippen LogP contribution in [-0.4, -0.2) is 42.3 Å². The minimum absolute atomic E-state index is 0.254. The molecule has 2 aromatic rings. The molecule has 2 atom stereocenters. The van der Waals surface area contributed by atoms with E-state index in [0.29, 0.717) is 44.4 Å². The second kappa shape index (κ2) is 7.98. The van der Waals surface area contributed by atoms with Crippen LogP contribution in [0.4, 0.5) is 9.18 Å². The zero-order chi connectivity index (χ0) is 18.7. The molecule has 0 bridgehead atoms. The second-order valence-electron chi connectivity index (χ2n) is 7.56. The Labute approximate surface area is 163 Å². The van der Waals surface area contributed by atoms with Gasteiger partial charge in [-0.1, -0.05) is 30.3 Å². The van der Waals surface area contributed by atoms with E-state index < -0.39 is 5.67 Å². The number of carbonyl (C=O) groups excluding carboxylic acids is 1. The fourth-order valence-corrected chi connectivity index (χ4v) is 4.39. The van der Waals surface area contributed by atoms with E-state index in [2.05, 4.69) is 22.1 Å². The Morgan fingerprint density at radius 2 is 2.04 bits per heavy atom. The van der Waals surface area contributed by atoms with Gasteiger partial charge in [0.2, 0.25) is 0 Å². The van der Waals surface area contributed by atoms with Gasteiger partial charge in [-0.15, -0.1) is 0 Å². The SMILES string of the molecule is O=C(OCc1ccccc1)N1CCC(F)(CN[C@@H]2C[C@H]2c2ccsc2)CC1. The van der Waals surface area contributed by atoms with Crippen molar-refractivity contribution in [3.05, 3.63) is 58.3 Å². The van der Waals surface area contributed by atoms with E-state index in [0.717, 1.165) is 12.0 Å². The monoisotopic (exact) mass is 388 g/mol. The molecule has 1 saturated heterocycles. The third kappa shape index (κ3) is 4.68. The largest absolute Gasteiger partial charge is 0.445 e. The molecule has 0 unspecified atom stereocenters. The Morgan fingerprint density at radius 1 is 1.26 bits per heavy atom. The normalized spacial score (nSPS) is 23.8. The van der Waals surface area contributed by atoms with Crippen LogP contribution in [0.3, 0.4) is 0 Å². The van der Waals surface area contributed by atoms with Crippen LogP contribution in [0.25, 0.3) is 0 Å². The van der Waals surface area contributed by atoms with Crippen molar-refractivity contribution in [3.63, 3.8) is 0 Å². The van der Waals surface area contributed by atoms with Gasteiger partial charge in [-0.25, -0.2) is 9.18 Å². The van der Waals surface area contributed by atoms with Gasteiger partial charge in [-0.2, -0.15) is 11.3 Å². The molecule has 1 aromatic heterocycles. The molecule has 2 fully saturated rings. The number of ether oxygens (including phenoxy) is 1. The molecule has 1 aliphatic carbocycles. The van der Waals surface area contributed by atoms with Crippen LogP contribution in [-0.2, 0) is 11.3 Å². The van der Waals surface area contributed by atoms with Crippen molar-refractivity contribution >= 4 is 17.4 Å². The van der Waals surface area contributed by atoms with Gasteiger partial charge in [0.25, 0.3) is 0 Å². The predicted octanol–water partition coefficient (Wildman–Crippen LogP) is 4.33. The number of rotatable bonds is 6. The summed E-state index contributed by atoms with van der Waals surface area (Å²) in [7, 11) is 0. The number of amides is 1. The fourth-order valence-electron chi connectivity index (χ4n) is 3.67. The minimum atomic E-state index is -1.24. The van der Waals surface area contributed by atoms with Crippen molar-refractivity contribution < 1.29 is 13.9 Å². The summed E-state index contributed by atoms with van der Waals surface area (Å²) in [4.78, 5) is 13.8. The number of nitrogens with one attached hydrogen (secondary N) is 1. The van der Waals surface area contributed by atoms with E-state index in [1.807, 2.05) is 30.3 Å². The summed E-state index contributed by atoms with van der Waals surface area (Å²) in [6, 6.07) is 12.1. The number of nitrogens with zero attached hydrogens (tertiary/aromatic N) is 1. The summed E-state index contributed by atoms with van der Waals surface area (Å²) in [6.07, 6.45) is 1.45. The average molecular weight is 389 g/mol. The second-order valence-corrected chi connectivity index (χ2v) is 8.34. The smallest absolute Gasteiger partial charge is 0.410 e. The predicted molar refractivity (Wildman–Crippen MR) is 105 cm³/mol. The summed E-state index contributed by atoms with van der Waals surface area (Å²) in [5.74, 6) is 0.535. The number of hydrogen-bond donors (Lipinski definition) is 1. The van der Waals surface area contributed by atoms with Crippen LogP contribution in [0.5, 0.6) is 0 Å². The molecule has 0 radical (unpaired) electrons. The first kappa shape index (κ1) is 18.4. The van der Waals surface area contributed by atoms with Crippen molar-refractivity contribution in [1.82, 2.24) is 10.2 Å². The molecule has 1 aliphatic heterocycles. The third-order valence-electron chi connectivity index (χ3n) is 5.57. The molecule has 1 amide bonds. The van der Waals surface area contributed by atoms with Crippen LogP contribution in [0, 0.1) is 0 Å². The molecule has 2 aliphatic rings. The van der Waals surface area contributed by atoms with E-state index >= 15 is 4.39 Å². The van der Waals surface area contributed by atoms with Crippen molar-refractivity contribution in [2.45, 2.75) is 43.5 Å². The number of halogens is 1. The Hall–Kier alpha value is -1.92. The number of hydrogen-bond acceptors (Lipinski definition) is 4. The van der Waals surface area contributed by atoms with Crippen LogP contribution in [0.15, 0.2) is 47.2 Å². The molecule has 6 heteroatoms. The number of likely N-dealkylation sites (tertiary alicyclic amines) is 1. The molecule has 2 heterocycles. The molecular weight excluding hydrogens is 363 g/mol. The number of thiophene rings is 1. The quantitative estimate of drug-likeness (QED) is 0.801. The molecule has 0 spiro atoms. The van der Waals surface area contributed by atoms with Crippen molar-refractivity contribution in [2.24, 2.45) is 0 Å². The molecule has 144 valence electrons. The highest BCUT2D eigenvalue weighted by molar-refractivity contribution is 7.08. The summed E-state index contributed by atoms with van der Waals surface area (Å²) < 4.78 is 20.4. The maximum absolute atomic E-state index is 15.1. The first-order chi connectivity index (χ1) is 13.1. The van der Waals surface area contributed by atoms with Gasteiger partial charge in [0, 0.05) is 44.4 Å². The maximum atomic E-state index is 15.1. The number of carbonyl (C=O) groups is 1. The lowest BCUT2D eigenvalue weighted by Gasteiger charge is -2.36. The Kier molecular flexibility index (Phi) is 5.45. The molecule has 1 saturated carbocycles. The Morgan fingerprint density at radius 3 is 2.74 bits per heavy atom. The number of piperidine rings is 1. The molecule has 27 heavy (non-hydrogen) atoms. The molecular formula is C21H25FN2O2S. The lowest BCUT2D eigenvalue weighted by atomic mass is 9.93. The summed E-state index contributed by atoms with van der Waals surface area (Å²) in [5, 5.41) is 7.66. The first-order valence-corrected chi connectivity index (χ1v) is 10.5. The van der Waals surface area contributed by atoms with Gasteiger partial charge in [0.15, 0.2) is 0 Å². The van der Waals surface area contributed by atoms with Gasteiger partial charge in [0.05, 0.1) is 0 Å². The highest BCUT2D eigenvalue weighted by Gasteiger charge is 2.42. The number of benzene rings is 1. The maximum Gasteiger partial charge on any atom is 0.410 e. The molecule has 4 rings (SSSR count). The van der Waals surface area contributed by atoms with Gasteiger partial charge in [0.1, 0.15) is 12.3 Å². The summed E-state index contributed by atoms with van der Waals surface area (Å²) >= 11 is 1.71. The standard InChI is InChI=1S/C21H25FN2O2S/c22-21(15-23-19-12-18(19)17-6-11-27-14-17)7-9-24(10-8-21)20(25)26-13-16-4-2-1-3-5-16/h1-6,11,14,18-19,23H,7-10,12-13,15H2/t18-,19+/m0/s1. The van der Waals surface area contributed by atoms with E-state index in [1.165, 1.54) is 5.56 Å². The Balaban J connectivity index is 1.18. The van der Waals surface area contributed by atoms with Crippen molar-refractivity contribution in [2.75, 3.05) is 19.6 Å². The van der Waals surface area contributed by atoms with Crippen LogP contribution in [0.1, 0.15) is 36.3 Å². The molecule has 4 nitrogen and oxygen atoms in total. The first-order valence-electron chi connectivity index (χ1n) is 9.53. The van der Waals surface area contributed by atoms with Gasteiger partial charge >= 0.3 is 6.09 Å². The van der Waals surface area contributed by atoms with E-state index in [4.69, 9.17) is 4.74 Å². The van der Waals surface area contributed by atoms with Crippen molar-refractivity contribution in [3.8, 4) is 0 Å². The zero-order valence-corrected chi connectivity index (χ0v) is 16.1. The third-order valence-corrected chi connectivity index (χ3v) is 6.27. The molecule has 1 N–H and O–H groups in total. The Bertz CT molecular complexity index is 745. The van der Waals surface area contributed by atoms with E-state index in [1.54, 1.807) is 16.2 Å². The number of alkyl halides is 1. The van der Waals surface area contributed by atoms with E-state index in [9.17, 15) is 4.79 Å². The molecule has 1 aromatic carbocycles. The highest BCUT2D eigenvalue weighted by Crippen LogP contribution is 2.42.